The van der Waals surface area contributed by atoms with Crippen LogP contribution in [0.1, 0.15) is 59.3 Å². The van der Waals surface area contributed by atoms with E-state index in [1.165, 1.54) is 6.42 Å². The van der Waals surface area contributed by atoms with Crippen molar-refractivity contribution in [3.63, 3.8) is 0 Å². The highest BCUT2D eigenvalue weighted by Crippen LogP contribution is 2.33. The lowest BCUT2D eigenvalue weighted by Crippen LogP contribution is -2.57. The third-order valence-corrected chi connectivity index (χ3v) is 3.87. The molecule has 2 N–H and O–H groups in total. The maximum absolute atomic E-state index is 11.5. The fraction of sp³-hybridized carbons (Fsp3) is 0.923. The van der Waals surface area contributed by atoms with Crippen LogP contribution in [0.2, 0.25) is 0 Å². The zero-order valence-electron chi connectivity index (χ0n) is 10.8. The summed E-state index contributed by atoms with van der Waals surface area (Å²) in [7, 11) is 0. The standard InChI is InChI=1S/C13H25NO2/c1-4-11(5-2)14-13(12(15)16)8-6-7-10(3)9-13/h10-11,14H,4-9H2,1-3H3,(H,15,16). The highest BCUT2D eigenvalue weighted by molar-refractivity contribution is 5.79. The molecule has 1 saturated carbocycles. The summed E-state index contributed by atoms with van der Waals surface area (Å²) >= 11 is 0. The predicted molar refractivity (Wildman–Crippen MR) is 65.5 cm³/mol. The minimum atomic E-state index is -0.661. The molecule has 16 heavy (non-hydrogen) atoms. The third kappa shape index (κ3) is 2.97. The molecule has 0 aromatic rings. The molecule has 0 amide bonds. The van der Waals surface area contributed by atoms with Gasteiger partial charge in [-0.1, -0.05) is 33.6 Å². The third-order valence-electron chi connectivity index (χ3n) is 3.87. The number of nitrogens with one attached hydrogen (secondary N) is 1. The fourth-order valence-corrected chi connectivity index (χ4v) is 2.82. The van der Waals surface area contributed by atoms with Gasteiger partial charge in [0.1, 0.15) is 5.54 Å². The minimum absolute atomic E-state index is 0.335. The van der Waals surface area contributed by atoms with E-state index in [4.69, 9.17) is 0 Å². The quantitative estimate of drug-likeness (QED) is 0.759. The van der Waals surface area contributed by atoms with E-state index >= 15 is 0 Å². The van der Waals surface area contributed by atoms with E-state index in [2.05, 4.69) is 26.1 Å². The maximum Gasteiger partial charge on any atom is 0.323 e. The van der Waals surface area contributed by atoms with Crippen LogP contribution in [0.4, 0.5) is 0 Å². The molecule has 2 unspecified atom stereocenters. The van der Waals surface area contributed by atoms with Gasteiger partial charge in [0.25, 0.3) is 0 Å². The van der Waals surface area contributed by atoms with Crippen molar-refractivity contribution in [2.45, 2.75) is 70.9 Å². The summed E-state index contributed by atoms with van der Waals surface area (Å²) in [6.07, 6.45) is 5.75. The number of carboxylic acids is 1. The lowest BCUT2D eigenvalue weighted by Gasteiger charge is -2.39. The summed E-state index contributed by atoms with van der Waals surface area (Å²) in [4.78, 5) is 11.5. The molecule has 0 saturated heterocycles. The minimum Gasteiger partial charge on any atom is -0.480 e. The van der Waals surface area contributed by atoms with Crippen LogP contribution in [0, 0.1) is 5.92 Å². The summed E-state index contributed by atoms with van der Waals surface area (Å²) in [5, 5.41) is 12.9. The molecule has 0 bridgehead atoms. The normalized spacial score (nSPS) is 30.6. The summed E-state index contributed by atoms with van der Waals surface area (Å²) in [6, 6.07) is 0.335. The van der Waals surface area contributed by atoms with Crippen LogP contribution in [0.5, 0.6) is 0 Å². The van der Waals surface area contributed by atoms with E-state index in [9.17, 15) is 9.90 Å². The number of carbonyl (C=O) groups is 1. The topological polar surface area (TPSA) is 49.3 Å². The van der Waals surface area contributed by atoms with Crippen molar-refractivity contribution in [1.82, 2.24) is 5.32 Å². The Balaban J connectivity index is 2.75. The average Bonchev–Trinajstić information content (AvgIpc) is 2.25. The van der Waals surface area contributed by atoms with Gasteiger partial charge in [0.05, 0.1) is 0 Å². The smallest absolute Gasteiger partial charge is 0.323 e. The number of rotatable bonds is 5. The lowest BCUT2D eigenvalue weighted by molar-refractivity contribution is -0.147. The Labute approximate surface area is 98.6 Å². The predicted octanol–water partition coefficient (Wildman–Crippen LogP) is 2.80. The summed E-state index contributed by atoms with van der Waals surface area (Å²) in [6.45, 7) is 6.39. The molecule has 0 radical (unpaired) electrons. The first-order valence-electron chi connectivity index (χ1n) is 6.55. The molecule has 2 atom stereocenters. The van der Waals surface area contributed by atoms with E-state index in [-0.39, 0.29) is 0 Å². The summed E-state index contributed by atoms with van der Waals surface area (Å²) in [5.74, 6) is -0.141. The largest absolute Gasteiger partial charge is 0.480 e. The molecule has 3 heteroatoms. The van der Waals surface area contributed by atoms with Crippen LogP contribution in [0.15, 0.2) is 0 Å². The van der Waals surface area contributed by atoms with Crippen molar-refractivity contribution in [2.75, 3.05) is 0 Å². The molecule has 94 valence electrons. The molecule has 1 aliphatic carbocycles. The van der Waals surface area contributed by atoms with Gasteiger partial charge in [-0.05, 0) is 31.6 Å². The monoisotopic (exact) mass is 227 g/mol. The van der Waals surface area contributed by atoms with Gasteiger partial charge in [-0.2, -0.15) is 0 Å². The van der Waals surface area contributed by atoms with Gasteiger partial charge in [-0.3, -0.25) is 10.1 Å². The number of aliphatic carboxylic acids is 1. The zero-order valence-corrected chi connectivity index (χ0v) is 10.8. The van der Waals surface area contributed by atoms with Gasteiger partial charge in [-0.25, -0.2) is 0 Å². The van der Waals surface area contributed by atoms with Crippen LogP contribution < -0.4 is 5.32 Å². The maximum atomic E-state index is 11.5. The molecule has 0 aliphatic heterocycles. The second kappa shape index (κ2) is 5.67. The Hall–Kier alpha value is -0.570. The first kappa shape index (κ1) is 13.5. The number of carboxylic acid groups (broad SMARTS) is 1. The molecule has 0 aromatic heterocycles. The van der Waals surface area contributed by atoms with Crippen LogP contribution >= 0.6 is 0 Å². The van der Waals surface area contributed by atoms with Crippen molar-refractivity contribution in [2.24, 2.45) is 5.92 Å². The Morgan fingerprint density at radius 1 is 1.50 bits per heavy atom. The van der Waals surface area contributed by atoms with Crippen LogP contribution in [0.25, 0.3) is 0 Å². The second-order valence-electron chi connectivity index (χ2n) is 5.25. The molecule has 3 nitrogen and oxygen atoms in total. The van der Waals surface area contributed by atoms with Crippen molar-refractivity contribution >= 4 is 5.97 Å². The van der Waals surface area contributed by atoms with Gasteiger partial charge < -0.3 is 5.11 Å². The Kier molecular flexibility index (Phi) is 4.78. The Bertz CT molecular complexity index is 238. The van der Waals surface area contributed by atoms with E-state index in [0.29, 0.717) is 12.0 Å². The van der Waals surface area contributed by atoms with Gasteiger partial charge in [0.15, 0.2) is 0 Å². The lowest BCUT2D eigenvalue weighted by atomic mass is 9.76. The molecule has 0 heterocycles. The highest BCUT2D eigenvalue weighted by atomic mass is 16.4. The van der Waals surface area contributed by atoms with Gasteiger partial charge in [-0.15, -0.1) is 0 Å². The van der Waals surface area contributed by atoms with Gasteiger partial charge >= 0.3 is 5.97 Å². The molecule has 0 spiro atoms. The first-order valence-corrected chi connectivity index (χ1v) is 6.55. The Morgan fingerprint density at radius 3 is 2.56 bits per heavy atom. The van der Waals surface area contributed by atoms with Crippen LogP contribution in [-0.2, 0) is 4.79 Å². The SMILES string of the molecule is CCC(CC)NC1(C(=O)O)CCCC(C)C1. The molecule has 0 aromatic carbocycles. The van der Waals surface area contributed by atoms with E-state index < -0.39 is 11.5 Å². The molecular formula is C13H25NO2. The highest BCUT2D eigenvalue weighted by Gasteiger charge is 2.42. The summed E-state index contributed by atoms with van der Waals surface area (Å²) < 4.78 is 0. The van der Waals surface area contributed by atoms with Gasteiger partial charge in [0.2, 0.25) is 0 Å². The Morgan fingerprint density at radius 2 is 2.12 bits per heavy atom. The number of hydrogen-bond donors (Lipinski definition) is 2. The number of hydrogen-bond acceptors (Lipinski definition) is 2. The van der Waals surface area contributed by atoms with Crippen molar-refractivity contribution in [3.8, 4) is 0 Å². The van der Waals surface area contributed by atoms with Crippen LogP contribution in [-0.4, -0.2) is 22.7 Å². The molecule has 1 fully saturated rings. The van der Waals surface area contributed by atoms with Crippen LogP contribution in [0.3, 0.4) is 0 Å². The average molecular weight is 227 g/mol. The molecule has 1 rings (SSSR count). The van der Waals surface area contributed by atoms with E-state index in [1.54, 1.807) is 0 Å². The van der Waals surface area contributed by atoms with Crippen molar-refractivity contribution < 1.29 is 9.90 Å². The van der Waals surface area contributed by atoms with Gasteiger partial charge in [0, 0.05) is 6.04 Å². The van der Waals surface area contributed by atoms with E-state index in [0.717, 1.165) is 32.1 Å². The van der Waals surface area contributed by atoms with E-state index in [1.807, 2.05) is 0 Å². The molecular weight excluding hydrogens is 202 g/mol. The van der Waals surface area contributed by atoms with Crippen molar-refractivity contribution in [3.05, 3.63) is 0 Å². The summed E-state index contributed by atoms with van der Waals surface area (Å²) in [5.41, 5.74) is -0.658. The van der Waals surface area contributed by atoms with Crippen molar-refractivity contribution in [1.29, 1.82) is 0 Å². The fourth-order valence-electron chi connectivity index (χ4n) is 2.82. The first-order chi connectivity index (χ1) is 7.54. The zero-order chi connectivity index (χ0) is 12.2. The second-order valence-corrected chi connectivity index (χ2v) is 5.25. The molecule has 1 aliphatic rings.